The molecule has 7 heteroatoms. The van der Waals surface area contributed by atoms with Gasteiger partial charge in [-0.3, -0.25) is 4.79 Å². The number of aliphatic carboxylic acids is 1. The van der Waals surface area contributed by atoms with Crippen molar-refractivity contribution < 1.29 is 19.5 Å². The van der Waals surface area contributed by atoms with Crippen molar-refractivity contribution in [3.05, 3.63) is 0 Å². The molecule has 0 spiro atoms. The molecule has 0 fully saturated rings. The fraction of sp³-hybridized carbons (Fsp3) is 0.750. The first kappa shape index (κ1) is 17.2. The van der Waals surface area contributed by atoms with Gasteiger partial charge in [0.15, 0.2) is 0 Å². The molecule has 0 unspecified atom stereocenters. The molecule has 0 aromatic carbocycles. The molecule has 0 aliphatic carbocycles. The van der Waals surface area contributed by atoms with Gasteiger partial charge in [-0.1, -0.05) is 26.7 Å². The minimum absolute atomic E-state index is 0.0108. The van der Waals surface area contributed by atoms with Crippen LogP contribution in [0.5, 0.6) is 0 Å². The number of urea groups is 1. The van der Waals surface area contributed by atoms with Crippen LogP contribution in [-0.4, -0.2) is 35.6 Å². The molecule has 1 atom stereocenters. The summed E-state index contributed by atoms with van der Waals surface area (Å²) in [4.78, 5) is 33.0. The third-order valence-corrected chi connectivity index (χ3v) is 2.99. The standard InChI is InChI=1S/C12H23N3O4/c1-3-8(4-2)7-14-12(19)15-9(11(17)18)5-6-10(13)16/h8-9H,3-7H2,1-2H3,(H2,13,16)(H,17,18)(H2,14,15,19)/t9-/m1/s1. The Morgan fingerprint density at radius 3 is 2.21 bits per heavy atom. The van der Waals surface area contributed by atoms with Gasteiger partial charge in [-0.25, -0.2) is 9.59 Å². The molecule has 7 nitrogen and oxygen atoms in total. The van der Waals surface area contributed by atoms with E-state index in [1.807, 2.05) is 13.8 Å². The van der Waals surface area contributed by atoms with Crippen molar-refractivity contribution in [2.75, 3.05) is 6.54 Å². The zero-order chi connectivity index (χ0) is 14.8. The number of carbonyl (C=O) groups is 3. The van der Waals surface area contributed by atoms with Crippen molar-refractivity contribution in [3.8, 4) is 0 Å². The third-order valence-electron chi connectivity index (χ3n) is 2.99. The van der Waals surface area contributed by atoms with E-state index in [1.165, 1.54) is 0 Å². The molecular weight excluding hydrogens is 250 g/mol. The Bertz CT molecular complexity index is 316. The zero-order valence-electron chi connectivity index (χ0n) is 11.4. The van der Waals surface area contributed by atoms with Crippen LogP contribution < -0.4 is 16.4 Å². The van der Waals surface area contributed by atoms with Crippen molar-refractivity contribution in [1.82, 2.24) is 10.6 Å². The molecule has 19 heavy (non-hydrogen) atoms. The largest absolute Gasteiger partial charge is 0.480 e. The van der Waals surface area contributed by atoms with Crippen LogP contribution in [0.25, 0.3) is 0 Å². The Morgan fingerprint density at radius 2 is 1.79 bits per heavy atom. The molecule has 0 aromatic heterocycles. The predicted molar refractivity (Wildman–Crippen MR) is 70.5 cm³/mol. The second-order valence-electron chi connectivity index (χ2n) is 4.43. The molecule has 0 saturated carbocycles. The Morgan fingerprint density at radius 1 is 1.21 bits per heavy atom. The van der Waals surface area contributed by atoms with Gasteiger partial charge >= 0.3 is 12.0 Å². The molecule has 0 aliphatic rings. The van der Waals surface area contributed by atoms with E-state index in [4.69, 9.17) is 10.8 Å². The smallest absolute Gasteiger partial charge is 0.326 e. The summed E-state index contributed by atoms with van der Waals surface area (Å²) in [6, 6.07) is -1.64. The molecule has 0 bridgehead atoms. The number of rotatable bonds is 9. The molecule has 0 heterocycles. The molecule has 0 radical (unpaired) electrons. The van der Waals surface area contributed by atoms with E-state index in [9.17, 15) is 14.4 Å². The molecule has 0 aromatic rings. The van der Waals surface area contributed by atoms with E-state index in [2.05, 4.69) is 10.6 Å². The summed E-state index contributed by atoms with van der Waals surface area (Å²) in [6.07, 6.45) is 1.80. The number of primary amides is 1. The SMILES string of the molecule is CCC(CC)CNC(=O)N[C@H](CCC(N)=O)C(=O)O. The number of amides is 3. The van der Waals surface area contributed by atoms with Gasteiger partial charge in [-0.05, 0) is 12.3 Å². The summed E-state index contributed by atoms with van der Waals surface area (Å²) < 4.78 is 0. The lowest BCUT2D eigenvalue weighted by Crippen LogP contribution is -2.47. The Balaban J connectivity index is 4.16. The van der Waals surface area contributed by atoms with Crippen LogP contribution in [0.4, 0.5) is 4.79 Å². The third kappa shape index (κ3) is 8.01. The van der Waals surface area contributed by atoms with Crippen LogP contribution in [0.15, 0.2) is 0 Å². The predicted octanol–water partition coefficient (Wildman–Crippen LogP) is 0.441. The van der Waals surface area contributed by atoms with Crippen LogP contribution in [0.3, 0.4) is 0 Å². The van der Waals surface area contributed by atoms with E-state index in [0.29, 0.717) is 12.5 Å². The highest BCUT2D eigenvalue weighted by Crippen LogP contribution is 2.05. The monoisotopic (exact) mass is 273 g/mol. The van der Waals surface area contributed by atoms with Crippen molar-refractivity contribution in [3.63, 3.8) is 0 Å². The molecule has 0 aliphatic heterocycles. The summed E-state index contributed by atoms with van der Waals surface area (Å²) >= 11 is 0. The zero-order valence-corrected chi connectivity index (χ0v) is 11.4. The highest BCUT2D eigenvalue weighted by molar-refractivity contribution is 5.83. The average Bonchev–Trinajstić information content (AvgIpc) is 2.35. The van der Waals surface area contributed by atoms with Crippen LogP contribution in [0.1, 0.15) is 39.5 Å². The van der Waals surface area contributed by atoms with Crippen molar-refractivity contribution in [2.45, 2.75) is 45.6 Å². The normalized spacial score (nSPS) is 11.9. The number of hydrogen-bond donors (Lipinski definition) is 4. The van der Waals surface area contributed by atoms with Gasteiger partial charge in [0, 0.05) is 13.0 Å². The van der Waals surface area contributed by atoms with Gasteiger partial charge in [0.05, 0.1) is 0 Å². The maximum atomic E-state index is 11.5. The lowest BCUT2D eigenvalue weighted by Gasteiger charge is -2.17. The number of carbonyl (C=O) groups excluding carboxylic acids is 2. The van der Waals surface area contributed by atoms with Crippen LogP contribution in [0.2, 0.25) is 0 Å². The Labute approximate surface area is 112 Å². The number of nitrogens with two attached hydrogens (primary N) is 1. The van der Waals surface area contributed by atoms with E-state index >= 15 is 0 Å². The van der Waals surface area contributed by atoms with Gasteiger partial charge < -0.3 is 21.5 Å². The summed E-state index contributed by atoms with van der Waals surface area (Å²) in [5, 5.41) is 13.9. The van der Waals surface area contributed by atoms with Crippen LogP contribution in [0, 0.1) is 5.92 Å². The second kappa shape index (κ2) is 9.18. The lowest BCUT2D eigenvalue weighted by atomic mass is 10.0. The lowest BCUT2D eigenvalue weighted by molar-refractivity contribution is -0.139. The van der Waals surface area contributed by atoms with Crippen molar-refractivity contribution in [2.24, 2.45) is 11.7 Å². The van der Waals surface area contributed by atoms with E-state index in [1.54, 1.807) is 0 Å². The summed E-state index contributed by atoms with van der Waals surface area (Å²) in [7, 11) is 0. The highest BCUT2D eigenvalue weighted by atomic mass is 16.4. The molecule has 110 valence electrons. The fourth-order valence-electron chi connectivity index (χ4n) is 1.57. The van der Waals surface area contributed by atoms with E-state index in [-0.39, 0.29) is 12.8 Å². The summed E-state index contributed by atoms with van der Waals surface area (Å²) in [5.41, 5.74) is 4.95. The summed E-state index contributed by atoms with van der Waals surface area (Å²) in [5.74, 6) is -1.40. The first-order chi connectivity index (χ1) is 8.90. The molecule has 5 N–H and O–H groups in total. The fourth-order valence-corrected chi connectivity index (χ4v) is 1.57. The van der Waals surface area contributed by atoms with Gasteiger partial charge in [0.1, 0.15) is 6.04 Å². The number of carboxylic acids is 1. The molecule has 0 saturated heterocycles. The van der Waals surface area contributed by atoms with Gasteiger partial charge in [-0.2, -0.15) is 0 Å². The maximum Gasteiger partial charge on any atom is 0.326 e. The van der Waals surface area contributed by atoms with Crippen molar-refractivity contribution in [1.29, 1.82) is 0 Å². The average molecular weight is 273 g/mol. The first-order valence-corrected chi connectivity index (χ1v) is 6.46. The van der Waals surface area contributed by atoms with Crippen molar-refractivity contribution >= 4 is 17.9 Å². The molecule has 3 amide bonds. The number of carboxylic acid groups (broad SMARTS) is 1. The van der Waals surface area contributed by atoms with Gasteiger partial charge in [-0.15, -0.1) is 0 Å². The quantitative estimate of drug-likeness (QED) is 0.487. The maximum absolute atomic E-state index is 11.5. The van der Waals surface area contributed by atoms with Gasteiger partial charge in [0.25, 0.3) is 0 Å². The number of hydrogen-bond acceptors (Lipinski definition) is 3. The number of nitrogens with one attached hydrogen (secondary N) is 2. The topological polar surface area (TPSA) is 122 Å². The summed E-state index contributed by atoms with van der Waals surface area (Å²) in [6.45, 7) is 4.56. The molecule has 0 rings (SSSR count). The molecular formula is C12H23N3O4. The highest BCUT2D eigenvalue weighted by Gasteiger charge is 2.20. The second-order valence-corrected chi connectivity index (χ2v) is 4.43. The Kier molecular flexibility index (Phi) is 8.32. The van der Waals surface area contributed by atoms with E-state index in [0.717, 1.165) is 12.8 Å². The Hall–Kier alpha value is -1.79. The minimum Gasteiger partial charge on any atom is -0.480 e. The van der Waals surface area contributed by atoms with Crippen LogP contribution in [-0.2, 0) is 9.59 Å². The van der Waals surface area contributed by atoms with E-state index < -0.39 is 23.9 Å². The minimum atomic E-state index is -1.18. The van der Waals surface area contributed by atoms with Gasteiger partial charge in [0.2, 0.25) is 5.91 Å². The van der Waals surface area contributed by atoms with Crippen LogP contribution >= 0.6 is 0 Å². The first-order valence-electron chi connectivity index (χ1n) is 6.46.